The molecule has 0 unspecified atom stereocenters. The van der Waals surface area contributed by atoms with Crippen LogP contribution in [0.2, 0.25) is 5.02 Å². The van der Waals surface area contributed by atoms with Crippen LogP contribution in [0.25, 0.3) is 5.69 Å². The van der Waals surface area contributed by atoms with Gasteiger partial charge in [0.05, 0.1) is 39.4 Å². The fourth-order valence-electron chi connectivity index (χ4n) is 2.66. The topological polar surface area (TPSA) is 59.0 Å². The molecule has 0 bridgehead atoms. The molecule has 4 rings (SSSR count). The molecule has 0 radical (unpaired) electrons. The van der Waals surface area contributed by atoms with Crippen LogP contribution in [0.3, 0.4) is 0 Å². The summed E-state index contributed by atoms with van der Waals surface area (Å²) in [5, 5.41) is 14.0. The zero-order valence-corrected chi connectivity index (χ0v) is 15.2. The Morgan fingerprint density at radius 3 is 2.80 bits per heavy atom. The standard InChI is InChI=1S/C18H17ClN4OS/c1-12(24)17-8-14(11-25-17)23-10-13(9-20-23)21-18(6-7-18)22-16-5-3-2-4-15(16)19/h2-5,8-11,21-22H,6-7H2,1H3. The van der Waals surface area contributed by atoms with Crippen molar-refractivity contribution in [2.24, 2.45) is 0 Å². The number of ketones is 1. The van der Waals surface area contributed by atoms with Gasteiger partial charge in [-0.3, -0.25) is 4.79 Å². The van der Waals surface area contributed by atoms with Gasteiger partial charge in [0.2, 0.25) is 0 Å². The number of nitrogens with zero attached hydrogens (tertiary/aromatic N) is 2. The minimum atomic E-state index is -0.182. The molecule has 0 spiro atoms. The van der Waals surface area contributed by atoms with Gasteiger partial charge in [-0.15, -0.1) is 11.3 Å². The Balaban J connectivity index is 1.49. The smallest absolute Gasteiger partial charge is 0.169 e. The SMILES string of the molecule is CC(=O)c1cc(-n2cc(NC3(Nc4ccccc4Cl)CC3)cn2)cs1. The van der Waals surface area contributed by atoms with Gasteiger partial charge in [-0.1, -0.05) is 23.7 Å². The number of carbonyl (C=O) groups excluding carboxylic acids is 1. The Hall–Kier alpha value is -2.31. The molecule has 2 aromatic heterocycles. The van der Waals surface area contributed by atoms with Crippen molar-refractivity contribution in [1.82, 2.24) is 9.78 Å². The maximum atomic E-state index is 11.4. The van der Waals surface area contributed by atoms with E-state index in [1.165, 1.54) is 11.3 Å². The molecule has 0 saturated heterocycles. The fraction of sp³-hybridized carbons (Fsp3) is 0.222. The van der Waals surface area contributed by atoms with E-state index in [2.05, 4.69) is 15.7 Å². The summed E-state index contributed by atoms with van der Waals surface area (Å²) in [6.45, 7) is 1.57. The highest BCUT2D eigenvalue weighted by atomic mass is 35.5. The normalized spacial score (nSPS) is 15.0. The first-order valence-corrected chi connectivity index (χ1v) is 9.26. The fourth-order valence-corrected chi connectivity index (χ4v) is 3.62. The van der Waals surface area contributed by atoms with Crippen LogP contribution >= 0.6 is 22.9 Å². The van der Waals surface area contributed by atoms with E-state index in [-0.39, 0.29) is 11.4 Å². The molecule has 1 aliphatic rings. The van der Waals surface area contributed by atoms with E-state index in [0.29, 0.717) is 5.02 Å². The number of hydrogen-bond donors (Lipinski definition) is 2. The van der Waals surface area contributed by atoms with Gasteiger partial charge in [-0.2, -0.15) is 5.10 Å². The summed E-state index contributed by atoms with van der Waals surface area (Å²) in [4.78, 5) is 12.2. The summed E-state index contributed by atoms with van der Waals surface area (Å²) < 4.78 is 1.77. The number of halogens is 1. The van der Waals surface area contributed by atoms with Gasteiger partial charge in [0.25, 0.3) is 0 Å². The third-order valence-electron chi connectivity index (χ3n) is 4.16. The summed E-state index contributed by atoms with van der Waals surface area (Å²) >= 11 is 7.67. The molecular weight excluding hydrogens is 356 g/mol. The first kappa shape index (κ1) is 16.2. The molecule has 0 amide bonds. The number of carbonyl (C=O) groups is 1. The lowest BCUT2D eigenvalue weighted by Crippen LogP contribution is -2.30. The van der Waals surface area contributed by atoms with Crippen molar-refractivity contribution in [2.75, 3.05) is 10.6 Å². The molecule has 2 heterocycles. The van der Waals surface area contributed by atoms with Gasteiger partial charge in [0.15, 0.2) is 5.78 Å². The molecule has 5 nitrogen and oxygen atoms in total. The highest BCUT2D eigenvalue weighted by Gasteiger charge is 2.43. The van der Waals surface area contributed by atoms with E-state index in [0.717, 1.165) is 34.8 Å². The number of anilines is 2. The van der Waals surface area contributed by atoms with Crippen LogP contribution in [0, 0.1) is 0 Å². The molecule has 1 aromatic carbocycles. The van der Waals surface area contributed by atoms with Gasteiger partial charge in [0.1, 0.15) is 5.66 Å². The summed E-state index contributed by atoms with van der Waals surface area (Å²) in [6, 6.07) is 9.59. The molecular formula is C18H17ClN4OS. The Morgan fingerprint density at radius 1 is 1.32 bits per heavy atom. The molecule has 1 aliphatic carbocycles. The van der Waals surface area contributed by atoms with Crippen LogP contribution in [0.1, 0.15) is 29.4 Å². The van der Waals surface area contributed by atoms with Crippen molar-refractivity contribution in [1.29, 1.82) is 0 Å². The molecule has 1 saturated carbocycles. The molecule has 128 valence electrons. The highest BCUT2D eigenvalue weighted by molar-refractivity contribution is 7.12. The van der Waals surface area contributed by atoms with Crippen molar-refractivity contribution < 1.29 is 4.79 Å². The maximum absolute atomic E-state index is 11.4. The first-order valence-electron chi connectivity index (χ1n) is 8.00. The summed E-state index contributed by atoms with van der Waals surface area (Å²) in [5.74, 6) is 0.0719. The van der Waals surface area contributed by atoms with Crippen molar-refractivity contribution >= 4 is 40.1 Å². The second-order valence-corrected chi connectivity index (χ2v) is 7.53. The van der Waals surface area contributed by atoms with Gasteiger partial charge in [-0.25, -0.2) is 4.68 Å². The molecule has 7 heteroatoms. The Morgan fingerprint density at radius 2 is 2.12 bits per heavy atom. The average Bonchev–Trinajstić information content (AvgIpc) is 3.01. The maximum Gasteiger partial charge on any atom is 0.169 e. The number of nitrogens with one attached hydrogen (secondary N) is 2. The van der Waals surface area contributed by atoms with Crippen LogP contribution in [-0.4, -0.2) is 21.2 Å². The lowest BCUT2D eigenvalue weighted by Gasteiger charge is -2.21. The predicted octanol–water partition coefficient (Wildman–Crippen LogP) is 4.80. The summed E-state index contributed by atoms with van der Waals surface area (Å²) in [5.41, 5.74) is 2.56. The number of Topliss-reactive ketones (excluding diaryl/α,β-unsaturated/α-hetero) is 1. The third kappa shape index (κ3) is 3.41. The Bertz CT molecular complexity index is 929. The van der Waals surface area contributed by atoms with E-state index < -0.39 is 0 Å². The van der Waals surface area contributed by atoms with Crippen LogP contribution in [0.5, 0.6) is 0 Å². The molecule has 0 atom stereocenters. The van der Waals surface area contributed by atoms with Crippen molar-refractivity contribution in [3.05, 3.63) is 58.0 Å². The van der Waals surface area contributed by atoms with Crippen LogP contribution < -0.4 is 10.6 Å². The monoisotopic (exact) mass is 372 g/mol. The first-order chi connectivity index (χ1) is 12.0. The number of thiophene rings is 1. The number of hydrogen-bond acceptors (Lipinski definition) is 5. The van der Waals surface area contributed by atoms with E-state index in [9.17, 15) is 4.79 Å². The van der Waals surface area contributed by atoms with E-state index >= 15 is 0 Å². The minimum Gasteiger partial charge on any atom is -0.362 e. The lowest BCUT2D eigenvalue weighted by atomic mass is 10.3. The molecule has 3 aromatic rings. The van der Waals surface area contributed by atoms with Gasteiger partial charge in [0, 0.05) is 5.38 Å². The predicted molar refractivity (Wildman–Crippen MR) is 102 cm³/mol. The van der Waals surface area contributed by atoms with Gasteiger partial charge in [-0.05, 0) is 38.0 Å². The highest BCUT2D eigenvalue weighted by Crippen LogP contribution is 2.41. The van der Waals surface area contributed by atoms with Crippen LogP contribution in [-0.2, 0) is 0 Å². The second-order valence-electron chi connectivity index (χ2n) is 6.21. The molecule has 2 N–H and O–H groups in total. The Kier molecular flexibility index (Phi) is 4.01. The number of rotatable bonds is 6. The second kappa shape index (κ2) is 6.20. The third-order valence-corrected chi connectivity index (χ3v) is 5.51. The molecule has 1 fully saturated rings. The average molecular weight is 373 g/mol. The van der Waals surface area contributed by atoms with E-state index in [1.54, 1.807) is 17.8 Å². The van der Waals surface area contributed by atoms with E-state index in [1.807, 2.05) is 41.9 Å². The van der Waals surface area contributed by atoms with Gasteiger partial charge < -0.3 is 10.6 Å². The number of para-hydroxylation sites is 1. The summed E-state index contributed by atoms with van der Waals surface area (Å²) in [7, 11) is 0. The molecule has 25 heavy (non-hydrogen) atoms. The number of benzene rings is 1. The largest absolute Gasteiger partial charge is 0.362 e. The quantitative estimate of drug-likeness (QED) is 0.482. The lowest BCUT2D eigenvalue weighted by molar-refractivity contribution is 0.102. The van der Waals surface area contributed by atoms with Crippen molar-refractivity contribution in [3.8, 4) is 5.69 Å². The van der Waals surface area contributed by atoms with Gasteiger partial charge >= 0.3 is 0 Å². The van der Waals surface area contributed by atoms with Crippen LogP contribution in [0.4, 0.5) is 11.4 Å². The zero-order valence-electron chi connectivity index (χ0n) is 13.6. The van der Waals surface area contributed by atoms with E-state index in [4.69, 9.17) is 11.6 Å². The van der Waals surface area contributed by atoms with Crippen molar-refractivity contribution in [3.63, 3.8) is 0 Å². The minimum absolute atomic E-state index is 0.0719. The molecule has 0 aliphatic heterocycles. The number of aromatic nitrogens is 2. The van der Waals surface area contributed by atoms with Crippen LogP contribution in [0.15, 0.2) is 48.1 Å². The Labute approximate surface area is 154 Å². The van der Waals surface area contributed by atoms with Crippen molar-refractivity contribution in [2.45, 2.75) is 25.4 Å². The zero-order chi connectivity index (χ0) is 17.4. The summed E-state index contributed by atoms with van der Waals surface area (Å²) in [6.07, 6.45) is 5.74.